The smallest absolute Gasteiger partial charge is 0.207 e. The van der Waals surface area contributed by atoms with Gasteiger partial charge in [-0.05, 0) is 38.8 Å². The minimum absolute atomic E-state index is 0.0555. The lowest BCUT2D eigenvalue weighted by molar-refractivity contribution is 0.281. The van der Waals surface area contributed by atoms with E-state index >= 15 is 0 Å². The van der Waals surface area contributed by atoms with Gasteiger partial charge in [-0.3, -0.25) is 0 Å². The van der Waals surface area contributed by atoms with Crippen LogP contribution < -0.4 is 0 Å². The normalized spacial score (nSPS) is 21.3. The van der Waals surface area contributed by atoms with Gasteiger partial charge in [0.1, 0.15) is 0 Å². The molecule has 0 N–H and O–H groups in total. The summed E-state index contributed by atoms with van der Waals surface area (Å²) in [7, 11) is -3.40. The van der Waals surface area contributed by atoms with Crippen LogP contribution in [0.3, 0.4) is 0 Å². The molecule has 0 aliphatic carbocycles. The van der Waals surface area contributed by atoms with Gasteiger partial charge in [0.2, 0.25) is 10.0 Å². The molecule has 0 spiro atoms. The molecular formula is C15H21NO2S. The van der Waals surface area contributed by atoms with Crippen LogP contribution in [-0.2, 0) is 10.0 Å². The summed E-state index contributed by atoms with van der Waals surface area (Å²) in [5, 5.41) is 0. The Labute approximate surface area is 116 Å². The van der Waals surface area contributed by atoms with E-state index in [9.17, 15) is 8.42 Å². The van der Waals surface area contributed by atoms with E-state index < -0.39 is 10.0 Å². The van der Waals surface area contributed by atoms with Crippen molar-refractivity contribution >= 4 is 10.0 Å². The Bertz CT molecular complexity index is 560. The second-order valence-electron chi connectivity index (χ2n) is 5.29. The molecule has 104 valence electrons. The fourth-order valence-corrected chi connectivity index (χ4v) is 4.27. The molecule has 2 rings (SSSR count). The average molecular weight is 279 g/mol. The third kappa shape index (κ3) is 2.90. The molecule has 1 fully saturated rings. The summed E-state index contributed by atoms with van der Waals surface area (Å²) in [5.41, 5.74) is 1.99. The van der Waals surface area contributed by atoms with Crippen molar-refractivity contribution in [1.82, 2.24) is 4.31 Å². The number of hydrogen-bond acceptors (Lipinski definition) is 2. The Kier molecular flexibility index (Phi) is 4.11. The monoisotopic (exact) mass is 279 g/mol. The number of rotatable bonds is 3. The maximum Gasteiger partial charge on any atom is 0.243 e. The SMILES string of the molecule is C=C(C)C1CCCCN1S(=O)(=O)c1ccc(C)cc1. The highest BCUT2D eigenvalue weighted by molar-refractivity contribution is 7.89. The van der Waals surface area contributed by atoms with Gasteiger partial charge in [0, 0.05) is 12.6 Å². The molecule has 4 heteroatoms. The minimum Gasteiger partial charge on any atom is -0.207 e. The second-order valence-corrected chi connectivity index (χ2v) is 7.18. The molecule has 1 atom stereocenters. The van der Waals surface area contributed by atoms with E-state index in [4.69, 9.17) is 0 Å². The van der Waals surface area contributed by atoms with Gasteiger partial charge < -0.3 is 0 Å². The van der Waals surface area contributed by atoms with Crippen LogP contribution in [0.1, 0.15) is 31.7 Å². The van der Waals surface area contributed by atoms with Gasteiger partial charge in [0.25, 0.3) is 0 Å². The maximum absolute atomic E-state index is 12.7. The van der Waals surface area contributed by atoms with E-state index in [0.29, 0.717) is 11.4 Å². The Morgan fingerprint density at radius 3 is 2.47 bits per heavy atom. The first-order valence-electron chi connectivity index (χ1n) is 6.67. The van der Waals surface area contributed by atoms with Crippen LogP contribution >= 0.6 is 0 Å². The molecule has 1 aliphatic rings. The topological polar surface area (TPSA) is 37.4 Å². The van der Waals surface area contributed by atoms with Crippen molar-refractivity contribution < 1.29 is 8.42 Å². The molecule has 3 nitrogen and oxygen atoms in total. The van der Waals surface area contributed by atoms with E-state index in [1.54, 1.807) is 16.4 Å². The summed E-state index contributed by atoms with van der Waals surface area (Å²) in [4.78, 5) is 0.381. The van der Waals surface area contributed by atoms with Gasteiger partial charge in [0.05, 0.1) is 4.90 Å². The van der Waals surface area contributed by atoms with Crippen molar-refractivity contribution in [2.45, 2.75) is 44.0 Å². The standard InChI is InChI=1S/C15H21NO2S/c1-12(2)15-6-4-5-11-16(15)19(17,18)14-9-7-13(3)8-10-14/h7-10,15H,1,4-6,11H2,2-3H3. The van der Waals surface area contributed by atoms with Crippen LogP contribution in [0.5, 0.6) is 0 Å². The molecule has 1 aliphatic heterocycles. The van der Waals surface area contributed by atoms with Gasteiger partial charge >= 0.3 is 0 Å². The van der Waals surface area contributed by atoms with Crippen molar-refractivity contribution in [2.24, 2.45) is 0 Å². The number of sulfonamides is 1. The predicted octanol–water partition coefficient (Wildman–Crippen LogP) is 3.11. The Morgan fingerprint density at radius 1 is 1.26 bits per heavy atom. The lowest BCUT2D eigenvalue weighted by Gasteiger charge is -2.35. The summed E-state index contributed by atoms with van der Waals surface area (Å²) < 4.78 is 27.0. The molecule has 0 amide bonds. The van der Waals surface area contributed by atoms with Gasteiger partial charge in [-0.1, -0.05) is 36.3 Å². The second kappa shape index (κ2) is 5.47. The summed E-state index contributed by atoms with van der Waals surface area (Å²) in [5.74, 6) is 0. The highest BCUT2D eigenvalue weighted by atomic mass is 32.2. The number of benzene rings is 1. The summed E-state index contributed by atoms with van der Waals surface area (Å²) >= 11 is 0. The molecule has 1 heterocycles. The Balaban J connectivity index is 2.37. The molecule has 1 aromatic rings. The third-order valence-electron chi connectivity index (χ3n) is 3.65. The number of aryl methyl sites for hydroxylation is 1. The van der Waals surface area contributed by atoms with Crippen LogP contribution in [0.25, 0.3) is 0 Å². The van der Waals surface area contributed by atoms with E-state index in [-0.39, 0.29) is 6.04 Å². The first-order valence-corrected chi connectivity index (χ1v) is 8.11. The van der Waals surface area contributed by atoms with Gasteiger partial charge in [-0.2, -0.15) is 4.31 Å². The number of piperidine rings is 1. The lowest BCUT2D eigenvalue weighted by atomic mass is 10.00. The summed E-state index contributed by atoms with van der Waals surface area (Å²) in [6.45, 7) is 8.40. The minimum atomic E-state index is -3.40. The molecule has 19 heavy (non-hydrogen) atoms. The zero-order chi connectivity index (χ0) is 14.0. The van der Waals surface area contributed by atoms with Crippen molar-refractivity contribution in [1.29, 1.82) is 0 Å². The molecule has 0 radical (unpaired) electrons. The largest absolute Gasteiger partial charge is 0.243 e. The van der Waals surface area contributed by atoms with E-state index in [2.05, 4.69) is 6.58 Å². The quantitative estimate of drug-likeness (QED) is 0.797. The van der Waals surface area contributed by atoms with Crippen molar-refractivity contribution in [3.63, 3.8) is 0 Å². The molecule has 1 unspecified atom stereocenters. The zero-order valence-corrected chi connectivity index (χ0v) is 12.4. The fourth-order valence-electron chi connectivity index (χ4n) is 2.53. The highest BCUT2D eigenvalue weighted by Gasteiger charge is 2.33. The number of nitrogens with zero attached hydrogens (tertiary/aromatic N) is 1. The zero-order valence-electron chi connectivity index (χ0n) is 11.6. The van der Waals surface area contributed by atoms with Gasteiger partial charge in [-0.15, -0.1) is 0 Å². The van der Waals surface area contributed by atoms with Crippen molar-refractivity contribution in [3.05, 3.63) is 42.0 Å². The van der Waals surface area contributed by atoms with E-state index in [1.807, 2.05) is 26.0 Å². The average Bonchev–Trinajstić information content (AvgIpc) is 2.39. The molecular weight excluding hydrogens is 258 g/mol. The van der Waals surface area contributed by atoms with Crippen LogP contribution in [0.4, 0.5) is 0 Å². The van der Waals surface area contributed by atoms with E-state index in [0.717, 1.165) is 30.4 Å². The molecule has 0 aromatic heterocycles. The summed E-state index contributed by atoms with van der Waals surface area (Å²) in [6, 6.07) is 7.00. The van der Waals surface area contributed by atoms with Crippen molar-refractivity contribution in [3.8, 4) is 0 Å². The van der Waals surface area contributed by atoms with Crippen molar-refractivity contribution in [2.75, 3.05) is 6.54 Å². The number of hydrogen-bond donors (Lipinski definition) is 0. The molecule has 0 bridgehead atoms. The fraction of sp³-hybridized carbons (Fsp3) is 0.467. The van der Waals surface area contributed by atoms with Crippen LogP contribution in [0, 0.1) is 6.92 Å². The molecule has 0 saturated carbocycles. The predicted molar refractivity (Wildman–Crippen MR) is 77.5 cm³/mol. The van der Waals surface area contributed by atoms with E-state index in [1.165, 1.54) is 0 Å². The first kappa shape index (κ1) is 14.3. The summed E-state index contributed by atoms with van der Waals surface area (Å²) in [6.07, 6.45) is 2.87. The van der Waals surface area contributed by atoms with Crippen LogP contribution in [0.15, 0.2) is 41.3 Å². The Hall–Kier alpha value is -1.13. The van der Waals surface area contributed by atoms with Gasteiger partial charge in [0.15, 0.2) is 0 Å². The third-order valence-corrected chi connectivity index (χ3v) is 5.57. The highest BCUT2D eigenvalue weighted by Crippen LogP contribution is 2.28. The van der Waals surface area contributed by atoms with Crippen LogP contribution in [0.2, 0.25) is 0 Å². The lowest BCUT2D eigenvalue weighted by Crippen LogP contribution is -2.44. The Morgan fingerprint density at radius 2 is 1.89 bits per heavy atom. The van der Waals surface area contributed by atoms with Crippen LogP contribution in [-0.4, -0.2) is 25.3 Å². The first-order chi connectivity index (χ1) is 8.93. The maximum atomic E-state index is 12.7. The molecule has 1 aromatic carbocycles. The van der Waals surface area contributed by atoms with Gasteiger partial charge in [-0.25, -0.2) is 8.42 Å². The molecule has 1 saturated heterocycles.